The average molecular weight is 259 g/mol. The van der Waals surface area contributed by atoms with Gasteiger partial charge in [0, 0.05) is 24.0 Å². The van der Waals surface area contributed by atoms with Gasteiger partial charge in [-0.25, -0.2) is 0 Å². The van der Waals surface area contributed by atoms with Crippen molar-refractivity contribution in [2.75, 3.05) is 19.7 Å². The van der Waals surface area contributed by atoms with Crippen LogP contribution in [-0.2, 0) is 0 Å². The van der Waals surface area contributed by atoms with E-state index in [1.54, 1.807) is 6.08 Å². The second-order valence-corrected chi connectivity index (χ2v) is 4.32. The Balaban J connectivity index is 2.39. The molecule has 0 saturated heterocycles. The molecule has 1 aromatic carbocycles. The summed E-state index contributed by atoms with van der Waals surface area (Å²) in [5.74, 6) is 0.110. The number of aliphatic hydroxyl groups excluding tert-OH is 1. The minimum atomic E-state index is -0.220. The summed E-state index contributed by atoms with van der Waals surface area (Å²) < 4.78 is 5.63. The molecule has 0 atom stereocenters. The molecule has 0 radical (unpaired) electrons. The van der Waals surface area contributed by atoms with Gasteiger partial charge in [0.05, 0.1) is 6.61 Å². The third-order valence-electron chi connectivity index (χ3n) is 3.04. The molecule has 0 aliphatic heterocycles. The number of nitrogens with zero attached hydrogens (tertiary/aromatic N) is 1. The van der Waals surface area contributed by atoms with Crippen LogP contribution in [0.25, 0.3) is 11.0 Å². The largest absolute Gasteiger partial charge is 0.451 e. The van der Waals surface area contributed by atoms with Gasteiger partial charge in [-0.1, -0.05) is 24.3 Å². The molecule has 4 nitrogen and oxygen atoms in total. The number of aliphatic hydroxyl groups is 1. The highest BCUT2D eigenvalue weighted by Crippen LogP contribution is 2.25. The third kappa shape index (κ3) is 2.53. The summed E-state index contributed by atoms with van der Waals surface area (Å²) in [4.78, 5) is 13.9. The van der Waals surface area contributed by atoms with Crippen molar-refractivity contribution in [3.05, 3.63) is 48.2 Å². The molecular formula is C15H17NO3. The molecule has 0 aliphatic rings. The molecule has 1 heterocycles. The molecule has 0 spiro atoms. The molecule has 0 unspecified atom stereocenters. The molecule has 0 saturated carbocycles. The Kier molecular flexibility index (Phi) is 4.02. The number of para-hydroxylation sites is 1. The average Bonchev–Trinajstić information content (AvgIpc) is 2.76. The number of hydrogen-bond acceptors (Lipinski definition) is 3. The highest BCUT2D eigenvalue weighted by Gasteiger charge is 2.22. The first-order valence-corrected chi connectivity index (χ1v) is 6.18. The van der Waals surface area contributed by atoms with Gasteiger partial charge in [-0.05, 0) is 13.0 Å². The van der Waals surface area contributed by atoms with Crippen LogP contribution in [0.4, 0.5) is 0 Å². The van der Waals surface area contributed by atoms with E-state index in [0.29, 0.717) is 17.9 Å². The maximum absolute atomic E-state index is 12.4. The Morgan fingerprint density at radius 3 is 2.84 bits per heavy atom. The van der Waals surface area contributed by atoms with Crippen molar-refractivity contribution in [2.24, 2.45) is 0 Å². The van der Waals surface area contributed by atoms with E-state index in [9.17, 15) is 4.79 Å². The van der Waals surface area contributed by atoms with Gasteiger partial charge in [0.2, 0.25) is 0 Å². The Morgan fingerprint density at radius 1 is 1.47 bits per heavy atom. The fourth-order valence-corrected chi connectivity index (χ4v) is 2.07. The maximum Gasteiger partial charge on any atom is 0.290 e. The van der Waals surface area contributed by atoms with Crippen molar-refractivity contribution in [1.82, 2.24) is 4.90 Å². The number of aryl methyl sites for hydroxylation is 1. The number of carbonyl (C=O) groups excluding carboxylic acids is 1. The van der Waals surface area contributed by atoms with Gasteiger partial charge in [-0.3, -0.25) is 4.79 Å². The van der Waals surface area contributed by atoms with Crippen LogP contribution in [0.3, 0.4) is 0 Å². The first kappa shape index (κ1) is 13.4. The summed E-state index contributed by atoms with van der Waals surface area (Å²) >= 11 is 0. The minimum Gasteiger partial charge on any atom is -0.451 e. The lowest BCUT2D eigenvalue weighted by Gasteiger charge is -2.18. The van der Waals surface area contributed by atoms with Gasteiger partial charge in [0.25, 0.3) is 5.91 Å². The van der Waals surface area contributed by atoms with Gasteiger partial charge < -0.3 is 14.4 Å². The second-order valence-electron chi connectivity index (χ2n) is 4.32. The van der Waals surface area contributed by atoms with Crippen LogP contribution >= 0.6 is 0 Å². The number of fused-ring (bicyclic) bond motifs is 1. The molecular weight excluding hydrogens is 242 g/mol. The minimum absolute atomic E-state index is 0.0845. The zero-order chi connectivity index (χ0) is 13.8. The molecule has 1 amide bonds. The topological polar surface area (TPSA) is 53.7 Å². The first-order chi connectivity index (χ1) is 9.19. The van der Waals surface area contributed by atoms with E-state index in [4.69, 9.17) is 9.52 Å². The van der Waals surface area contributed by atoms with Crippen molar-refractivity contribution in [2.45, 2.75) is 6.92 Å². The Morgan fingerprint density at radius 2 is 2.21 bits per heavy atom. The highest BCUT2D eigenvalue weighted by molar-refractivity contribution is 5.98. The van der Waals surface area contributed by atoms with Crippen LogP contribution in [0.1, 0.15) is 16.1 Å². The fraction of sp³-hybridized carbons (Fsp3) is 0.267. The Labute approximate surface area is 111 Å². The lowest BCUT2D eigenvalue weighted by molar-refractivity contribution is 0.0712. The SMILES string of the molecule is C=CCN(CCO)C(=O)c1oc2ccccc2c1C. The normalized spacial score (nSPS) is 10.6. The summed E-state index contributed by atoms with van der Waals surface area (Å²) in [6.45, 7) is 6.05. The highest BCUT2D eigenvalue weighted by atomic mass is 16.3. The van der Waals surface area contributed by atoms with Crippen LogP contribution in [0, 0.1) is 6.92 Å². The number of hydrogen-bond donors (Lipinski definition) is 1. The molecule has 1 aromatic heterocycles. The number of carbonyl (C=O) groups is 1. The molecule has 0 fully saturated rings. The van der Waals surface area contributed by atoms with Crippen molar-refractivity contribution >= 4 is 16.9 Å². The van der Waals surface area contributed by atoms with E-state index >= 15 is 0 Å². The lowest BCUT2D eigenvalue weighted by Crippen LogP contribution is -2.33. The summed E-state index contributed by atoms with van der Waals surface area (Å²) in [5, 5.41) is 9.95. The molecule has 1 N–H and O–H groups in total. The van der Waals surface area contributed by atoms with Crippen LogP contribution in [0.5, 0.6) is 0 Å². The predicted molar refractivity (Wildman–Crippen MR) is 74.1 cm³/mol. The predicted octanol–water partition coefficient (Wildman–Crippen LogP) is 2.36. The van der Waals surface area contributed by atoms with E-state index < -0.39 is 0 Å². The summed E-state index contributed by atoms with van der Waals surface area (Å²) in [5.41, 5.74) is 1.53. The van der Waals surface area contributed by atoms with Crippen molar-refractivity contribution < 1.29 is 14.3 Å². The van der Waals surface area contributed by atoms with Crippen LogP contribution in [0.15, 0.2) is 41.3 Å². The first-order valence-electron chi connectivity index (χ1n) is 6.18. The molecule has 19 heavy (non-hydrogen) atoms. The van der Waals surface area contributed by atoms with Gasteiger partial charge in [-0.2, -0.15) is 0 Å². The Bertz CT molecular complexity index is 600. The van der Waals surface area contributed by atoms with Gasteiger partial charge in [0.15, 0.2) is 5.76 Å². The number of benzene rings is 1. The molecule has 2 rings (SSSR count). The second kappa shape index (κ2) is 5.71. The number of amides is 1. The third-order valence-corrected chi connectivity index (χ3v) is 3.04. The van der Waals surface area contributed by atoms with Crippen LogP contribution < -0.4 is 0 Å². The molecule has 100 valence electrons. The summed E-state index contributed by atoms with van der Waals surface area (Å²) in [7, 11) is 0. The van der Waals surface area contributed by atoms with Gasteiger partial charge >= 0.3 is 0 Å². The van der Waals surface area contributed by atoms with Crippen molar-refractivity contribution in [1.29, 1.82) is 0 Å². The maximum atomic E-state index is 12.4. The zero-order valence-electron chi connectivity index (χ0n) is 10.9. The monoisotopic (exact) mass is 259 g/mol. The quantitative estimate of drug-likeness (QED) is 0.839. The standard InChI is InChI=1S/C15H17NO3/c1-3-8-16(9-10-17)15(18)14-11(2)12-6-4-5-7-13(12)19-14/h3-7,17H,1,8-10H2,2H3. The number of furan rings is 1. The van der Waals surface area contributed by atoms with Crippen LogP contribution in [-0.4, -0.2) is 35.6 Å². The van der Waals surface area contributed by atoms with E-state index in [-0.39, 0.29) is 19.1 Å². The lowest BCUT2D eigenvalue weighted by atomic mass is 10.1. The van der Waals surface area contributed by atoms with E-state index in [1.807, 2.05) is 31.2 Å². The fourth-order valence-electron chi connectivity index (χ4n) is 2.07. The van der Waals surface area contributed by atoms with Crippen molar-refractivity contribution in [3.8, 4) is 0 Å². The Hall–Kier alpha value is -2.07. The van der Waals surface area contributed by atoms with E-state index in [1.165, 1.54) is 4.90 Å². The van der Waals surface area contributed by atoms with E-state index in [0.717, 1.165) is 10.9 Å². The molecule has 0 aliphatic carbocycles. The molecule has 0 bridgehead atoms. The smallest absolute Gasteiger partial charge is 0.290 e. The van der Waals surface area contributed by atoms with Crippen LogP contribution in [0.2, 0.25) is 0 Å². The van der Waals surface area contributed by atoms with E-state index in [2.05, 4.69) is 6.58 Å². The summed E-state index contributed by atoms with van der Waals surface area (Å²) in [6.07, 6.45) is 1.63. The number of rotatable bonds is 5. The summed E-state index contributed by atoms with van der Waals surface area (Å²) in [6, 6.07) is 7.54. The molecule has 4 heteroatoms. The van der Waals surface area contributed by atoms with Gasteiger partial charge in [-0.15, -0.1) is 6.58 Å². The zero-order valence-corrected chi connectivity index (χ0v) is 10.9. The van der Waals surface area contributed by atoms with Gasteiger partial charge in [0.1, 0.15) is 5.58 Å². The molecule has 2 aromatic rings. The van der Waals surface area contributed by atoms with Crippen molar-refractivity contribution in [3.63, 3.8) is 0 Å².